The predicted molar refractivity (Wildman–Crippen MR) is 117 cm³/mol. The third kappa shape index (κ3) is 3.45. The van der Waals surface area contributed by atoms with Crippen LogP contribution in [0.15, 0.2) is 34.9 Å². The molecule has 1 aromatic carbocycles. The number of Topliss-reactive ketones (excluding diaryl/α,β-unsaturated/α-hetero) is 1. The van der Waals surface area contributed by atoms with Gasteiger partial charge < -0.3 is 9.40 Å². The smallest absolute Gasteiger partial charge is 0.168 e. The number of aromatic amines is 1. The molecule has 152 valence electrons. The molecule has 2 saturated carbocycles. The van der Waals surface area contributed by atoms with Gasteiger partial charge in [-0.15, -0.1) is 0 Å². The van der Waals surface area contributed by atoms with Crippen molar-refractivity contribution in [2.24, 2.45) is 5.92 Å². The van der Waals surface area contributed by atoms with Crippen LogP contribution in [0.5, 0.6) is 0 Å². The third-order valence-corrected chi connectivity index (χ3v) is 7.04. The third-order valence-electron chi connectivity index (χ3n) is 7.04. The topological polar surface area (TPSA) is 46.0 Å². The van der Waals surface area contributed by atoms with Crippen LogP contribution in [0, 0.1) is 5.92 Å². The van der Waals surface area contributed by atoms with E-state index in [0.717, 1.165) is 36.5 Å². The monoisotopic (exact) mass is 389 g/mol. The Morgan fingerprint density at radius 2 is 2.07 bits per heavy atom. The van der Waals surface area contributed by atoms with Crippen LogP contribution in [0.4, 0.5) is 0 Å². The molecule has 0 radical (unpaired) electrons. The van der Waals surface area contributed by atoms with Crippen molar-refractivity contribution in [1.29, 1.82) is 0 Å². The van der Waals surface area contributed by atoms with Gasteiger partial charge in [-0.2, -0.15) is 0 Å². The highest BCUT2D eigenvalue weighted by Gasteiger charge is 2.42. The van der Waals surface area contributed by atoms with E-state index in [1.807, 2.05) is 13.0 Å². The maximum atomic E-state index is 12.6. The molecule has 1 N–H and O–H groups in total. The minimum atomic E-state index is 0.0559. The molecule has 2 aliphatic carbocycles. The average Bonchev–Trinajstić information content (AvgIpc) is 3.62. The summed E-state index contributed by atoms with van der Waals surface area (Å²) < 4.78 is 5.86. The van der Waals surface area contributed by atoms with Crippen LogP contribution in [0.3, 0.4) is 0 Å². The Morgan fingerprint density at radius 1 is 1.28 bits per heavy atom. The second kappa shape index (κ2) is 6.90. The van der Waals surface area contributed by atoms with Crippen LogP contribution in [0.2, 0.25) is 0 Å². The van der Waals surface area contributed by atoms with Crippen LogP contribution < -0.4 is 0 Å². The molecule has 2 aliphatic rings. The first-order valence-electron chi connectivity index (χ1n) is 11.2. The number of carbonyl (C=O) groups excluding carboxylic acids is 1. The van der Waals surface area contributed by atoms with Crippen molar-refractivity contribution in [1.82, 2.24) is 4.98 Å². The first-order valence-corrected chi connectivity index (χ1v) is 11.2. The highest BCUT2D eigenvalue weighted by atomic mass is 16.3. The molecule has 1 atom stereocenters. The van der Waals surface area contributed by atoms with Crippen molar-refractivity contribution in [2.45, 2.75) is 77.0 Å². The number of H-pyrrole nitrogens is 1. The van der Waals surface area contributed by atoms with E-state index in [0.29, 0.717) is 0 Å². The fourth-order valence-corrected chi connectivity index (χ4v) is 4.71. The number of hydrogen-bond acceptors (Lipinski definition) is 2. The summed E-state index contributed by atoms with van der Waals surface area (Å²) >= 11 is 0. The summed E-state index contributed by atoms with van der Waals surface area (Å²) in [6.07, 6.45) is 9.46. The Morgan fingerprint density at radius 3 is 2.76 bits per heavy atom. The molecule has 5 rings (SSSR count). The van der Waals surface area contributed by atoms with Gasteiger partial charge in [-0.3, -0.25) is 4.79 Å². The first-order chi connectivity index (χ1) is 14.0. The SMILES string of the molecule is CCCC(C)C(=O)c1coc(Cc2c(C3(C)CC3)[nH]c3cc(C4CC4)ccc23)c1. The molecule has 1 unspecified atom stereocenters. The van der Waals surface area contributed by atoms with Gasteiger partial charge in [0.15, 0.2) is 5.78 Å². The molecular weight excluding hydrogens is 358 g/mol. The summed E-state index contributed by atoms with van der Waals surface area (Å²) in [7, 11) is 0. The largest absolute Gasteiger partial charge is 0.468 e. The normalized spacial score (nSPS) is 18.9. The number of aromatic nitrogens is 1. The number of benzene rings is 1. The number of fused-ring (bicyclic) bond motifs is 1. The van der Waals surface area contributed by atoms with Crippen molar-refractivity contribution in [2.75, 3.05) is 0 Å². The Kier molecular flexibility index (Phi) is 4.45. The van der Waals surface area contributed by atoms with Gasteiger partial charge in [0.05, 0.1) is 5.56 Å². The first kappa shape index (κ1) is 18.7. The molecule has 2 aromatic heterocycles. The summed E-state index contributed by atoms with van der Waals surface area (Å²) in [5.74, 6) is 1.90. The summed E-state index contributed by atoms with van der Waals surface area (Å²) in [5, 5.41) is 1.31. The van der Waals surface area contributed by atoms with Crippen molar-refractivity contribution in [3.8, 4) is 0 Å². The lowest BCUT2D eigenvalue weighted by molar-refractivity contribution is 0.0923. The highest BCUT2D eigenvalue weighted by molar-refractivity contribution is 5.97. The van der Waals surface area contributed by atoms with E-state index in [4.69, 9.17) is 4.42 Å². The van der Waals surface area contributed by atoms with Gasteiger partial charge in [-0.25, -0.2) is 0 Å². The van der Waals surface area contributed by atoms with Crippen molar-refractivity contribution in [3.05, 3.63) is 58.7 Å². The Labute approximate surface area is 172 Å². The Hall–Kier alpha value is -2.29. The molecule has 0 aliphatic heterocycles. The van der Waals surface area contributed by atoms with Gasteiger partial charge in [0.1, 0.15) is 12.0 Å². The van der Waals surface area contributed by atoms with E-state index in [2.05, 4.69) is 37.0 Å². The quantitative estimate of drug-likeness (QED) is 0.426. The molecule has 0 amide bonds. The van der Waals surface area contributed by atoms with E-state index < -0.39 is 0 Å². The molecular formula is C26H31NO2. The predicted octanol–water partition coefficient (Wildman–Crippen LogP) is 6.90. The van der Waals surface area contributed by atoms with E-state index in [9.17, 15) is 4.79 Å². The Bertz CT molecular complexity index is 1060. The fraction of sp³-hybridized carbons (Fsp3) is 0.500. The summed E-state index contributed by atoms with van der Waals surface area (Å²) in [6.45, 7) is 6.49. The van der Waals surface area contributed by atoms with E-state index in [-0.39, 0.29) is 17.1 Å². The van der Waals surface area contributed by atoms with Crippen molar-refractivity contribution in [3.63, 3.8) is 0 Å². The molecule has 3 aromatic rings. The number of ketones is 1. The molecule has 3 heteroatoms. The second-order valence-corrected chi connectivity index (χ2v) is 9.65. The second-order valence-electron chi connectivity index (χ2n) is 9.65. The fourth-order valence-electron chi connectivity index (χ4n) is 4.71. The van der Waals surface area contributed by atoms with Gasteiger partial charge >= 0.3 is 0 Å². The lowest BCUT2D eigenvalue weighted by Gasteiger charge is -2.09. The number of furan rings is 1. The number of rotatable bonds is 8. The van der Waals surface area contributed by atoms with Crippen LogP contribution in [0.1, 0.15) is 98.2 Å². The van der Waals surface area contributed by atoms with Crippen LogP contribution in [-0.2, 0) is 11.8 Å². The summed E-state index contributed by atoms with van der Waals surface area (Å²) in [6, 6.07) is 8.92. The van der Waals surface area contributed by atoms with E-state index in [1.165, 1.54) is 53.4 Å². The molecule has 29 heavy (non-hydrogen) atoms. The maximum Gasteiger partial charge on any atom is 0.168 e. The van der Waals surface area contributed by atoms with E-state index >= 15 is 0 Å². The average molecular weight is 390 g/mol. The molecule has 2 heterocycles. The van der Waals surface area contributed by atoms with Crippen LogP contribution in [0.25, 0.3) is 10.9 Å². The van der Waals surface area contributed by atoms with Gasteiger partial charge in [0.25, 0.3) is 0 Å². The molecule has 0 saturated heterocycles. The molecule has 0 spiro atoms. The van der Waals surface area contributed by atoms with Crippen LogP contribution >= 0.6 is 0 Å². The summed E-state index contributed by atoms with van der Waals surface area (Å²) in [5.41, 5.74) is 6.41. The molecule has 0 bridgehead atoms. The lowest BCUT2D eigenvalue weighted by atomic mass is 9.95. The Balaban J connectivity index is 1.48. The standard InChI is InChI=1S/C26H31NO2/c1-4-5-16(2)24(28)19-12-20(29-15-19)14-22-21-9-8-18(17-6-7-17)13-23(21)27-25(22)26(3)10-11-26/h8-9,12-13,15-17,27H,4-7,10-11,14H2,1-3H3. The van der Waals surface area contributed by atoms with Gasteiger partial charge in [0.2, 0.25) is 0 Å². The zero-order valence-electron chi connectivity index (χ0n) is 17.8. The van der Waals surface area contributed by atoms with Gasteiger partial charge in [-0.1, -0.05) is 39.3 Å². The zero-order chi connectivity index (χ0) is 20.2. The zero-order valence-corrected chi connectivity index (χ0v) is 17.8. The minimum absolute atomic E-state index is 0.0559. The molecule has 2 fully saturated rings. The minimum Gasteiger partial charge on any atom is -0.468 e. The van der Waals surface area contributed by atoms with E-state index in [1.54, 1.807) is 6.26 Å². The highest BCUT2D eigenvalue weighted by Crippen LogP contribution is 2.50. The number of nitrogens with one attached hydrogen (secondary N) is 1. The number of hydrogen-bond donors (Lipinski definition) is 1. The summed E-state index contributed by atoms with van der Waals surface area (Å²) in [4.78, 5) is 16.4. The number of carbonyl (C=O) groups is 1. The lowest BCUT2D eigenvalue weighted by Crippen LogP contribution is -2.09. The molecule has 3 nitrogen and oxygen atoms in total. The van der Waals surface area contributed by atoms with Crippen molar-refractivity contribution < 1.29 is 9.21 Å². The van der Waals surface area contributed by atoms with Crippen molar-refractivity contribution >= 4 is 16.7 Å². The maximum absolute atomic E-state index is 12.6. The van der Waals surface area contributed by atoms with Crippen LogP contribution in [-0.4, -0.2) is 10.8 Å². The van der Waals surface area contributed by atoms with Gasteiger partial charge in [-0.05, 0) is 61.3 Å². The van der Waals surface area contributed by atoms with Gasteiger partial charge in [0, 0.05) is 34.4 Å².